The van der Waals surface area contributed by atoms with E-state index in [0.29, 0.717) is 5.56 Å². The molecule has 0 fully saturated rings. The van der Waals surface area contributed by atoms with Crippen LogP contribution in [-0.4, -0.2) is 16.4 Å². The molecule has 0 saturated heterocycles. The molecule has 19 heavy (non-hydrogen) atoms. The lowest BCUT2D eigenvalue weighted by Gasteiger charge is -2.18. The molecule has 0 aliphatic heterocycles. The quantitative estimate of drug-likeness (QED) is 0.638. The predicted molar refractivity (Wildman–Crippen MR) is 65.4 cm³/mol. The number of benzene rings is 1. The first-order valence-electron chi connectivity index (χ1n) is 5.60. The van der Waals surface area contributed by atoms with Crippen LogP contribution in [0.15, 0.2) is 36.7 Å². The fraction of sp³-hybridized carbons (Fsp3) is 0.250. The van der Waals surface area contributed by atoms with Crippen LogP contribution in [0.5, 0.6) is 5.75 Å². The van der Waals surface area contributed by atoms with Gasteiger partial charge in [0.25, 0.3) is 0 Å². The molecule has 2 rings (SSSR count). The van der Waals surface area contributed by atoms with Crippen LogP contribution < -0.4 is 16.0 Å². The Morgan fingerprint density at radius 1 is 1.37 bits per heavy atom. The van der Waals surface area contributed by atoms with Crippen molar-refractivity contribution in [3.63, 3.8) is 0 Å². The van der Waals surface area contributed by atoms with Gasteiger partial charge in [0.05, 0.1) is 12.2 Å². The van der Waals surface area contributed by atoms with Crippen LogP contribution in [0.1, 0.15) is 17.2 Å². The van der Waals surface area contributed by atoms with Gasteiger partial charge in [-0.05, 0) is 6.07 Å². The Hall–Kier alpha value is -1.99. The van der Waals surface area contributed by atoms with Crippen molar-refractivity contribution in [2.75, 3.05) is 0 Å². The summed E-state index contributed by atoms with van der Waals surface area (Å²) in [6, 6.07) is 6.03. The van der Waals surface area contributed by atoms with Gasteiger partial charge in [-0.15, -0.1) is 0 Å². The van der Waals surface area contributed by atoms with Crippen LogP contribution in [-0.2, 0) is 7.05 Å². The van der Waals surface area contributed by atoms with Crippen LogP contribution in [0, 0.1) is 0 Å². The highest BCUT2D eigenvalue weighted by molar-refractivity contribution is 5.40. The van der Waals surface area contributed by atoms with Gasteiger partial charge in [0.15, 0.2) is 0 Å². The average molecular weight is 268 g/mol. The van der Waals surface area contributed by atoms with Gasteiger partial charge in [0.2, 0.25) is 0 Å². The molecule has 0 aliphatic carbocycles. The van der Waals surface area contributed by atoms with Crippen molar-refractivity contribution >= 4 is 0 Å². The van der Waals surface area contributed by atoms with Gasteiger partial charge in [-0.25, -0.2) is 5.43 Å². The summed E-state index contributed by atoms with van der Waals surface area (Å²) in [5, 5.41) is 4.03. The molecule has 3 N–H and O–H groups in total. The van der Waals surface area contributed by atoms with E-state index in [1.165, 1.54) is 6.07 Å². The molecule has 1 aromatic carbocycles. The monoisotopic (exact) mass is 268 g/mol. The lowest BCUT2D eigenvalue weighted by Crippen LogP contribution is -2.29. The molecule has 1 unspecified atom stereocenters. The first-order chi connectivity index (χ1) is 9.11. The zero-order valence-corrected chi connectivity index (χ0v) is 10.3. The van der Waals surface area contributed by atoms with Crippen molar-refractivity contribution in [1.82, 2.24) is 15.2 Å². The summed E-state index contributed by atoms with van der Waals surface area (Å²) in [7, 11) is 1.76. The standard InChI is InChI=1S/C12H14F2N4O/c1-18-7-8(6-16-18)11(17-15)9-4-2-3-5-10(9)19-12(13)14/h2-7,11-12,17H,15H2,1H3. The first kappa shape index (κ1) is 13.4. The third-order valence-corrected chi connectivity index (χ3v) is 2.67. The molecule has 2 aromatic rings. The van der Waals surface area contributed by atoms with E-state index in [1.807, 2.05) is 0 Å². The SMILES string of the molecule is Cn1cc(C(NN)c2ccccc2OC(F)F)cn1. The Morgan fingerprint density at radius 2 is 2.11 bits per heavy atom. The Balaban J connectivity index is 2.38. The topological polar surface area (TPSA) is 65.1 Å². The lowest BCUT2D eigenvalue weighted by molar-refractivity contribution is -0.0506. The molecule has 0 amide bonds. The Kier molecular flexibility index (Phi) is 4.08. The van der Waals surface area contributed by atoms with E-state index < -0.39 is 12.7 Å². The van der Waals surface area contributed by atoms with E-state index in [9.17, 15) is 8.78 Å². The van der Waals surface area contributed by atoms with E-state index in [4.69, 9.17) is 5.84 Å². The molecule has 1 heterocycles. The Bertz CT molecular complexity index is 544. The van der Waals surface area contributed by atoms with Crippen molar-refractivity contribution in [3.05, 3.63) is 47.8 Å². The molecule has 5 nitrogen and oxygen atoms in total. The van der Waals surface area contributed by atoms with Gasteiger partial charge < -0.3 is 4.74 Å². The van der Waals surface area contributed by atoms with Gasteiger partial charge in [-0.3, -0.25) is 10.5 Å². The number of aryl methyl sites for hydroxylation is 1. The summed E-state index contributed by atoms with van der Waals surface area (Å²) in [4.78, 5) is 0. The largest absolute Gasteiger partial charge is 0.434 e. The van der Waals surface area contributed by atoms with E-state index in [-0.39, 0.29) is 5.75 Å². The second kappa shape index (κ2) is 5.77. The van der Waals surface area contributed by atoms with Crippen LogP contribution in [0.3, 0.4) is 0 Å². The second-order valence-electron chi connectivity index (χ2n) is 3.96. The number of halogens is 2. The molecule has 0 bridgehead atoms. The minimum atomic E-state index is -2.88. The van der Waals surface area contributed by atoms with Gasteiger partial charge in [-0.1, -0.05) is 18.2 Å². The minimum absolute atomic E-state index is 0.0873. The molecule has 0 spiro atoms. The molecular weight excluding hydrogens is 254 g/mol. The van der Waals surface area contributed by atoms with E-state index in [1.54, 1.807) is 42.3 Å². The number of hydrogen-bond acceptors (Lipinski definition) is 4. The van der Waals surface area contributed by atoms with Gasteiger partial charge >= 0.3 is 6.61 Å². The van der Waals surface area contributed by atoms with Gasteiger partial charge in [-0.2, -0.15) is 13.9 Å². The van der Waals surface area contributed by atoms with Crippen LogP contribution in [0.25, 0.3) is 0 Å². The molecule has 1 atom stereocenters. The highest BCUT2D eigenvalue weighted by atomic mass is 19.3. The van der Waals surface area contributed by atoms with Crippen molar-refractivity contribution in [1.29, 1.82) is 0 Å². The van der Waals surface area contributed by atoms with E-state index >= 15 is 0 Å². The maximum atomic E-state index is 12.4. The average Bonchev–Trinajstić information content (AvgIpc) is 2.78. The molecule has 7 heteroatoms. The molecule has 1 aromatic heterocycles. The van der Waals surface area contributed by atoms with Crippen molar-refractivity contribution in [2.24, 2.45) is 12.9 Å². The number of ether oxygens (including phenoxy) is 1. The number of nitrogens with two attached hydrogens (primary N) is 1. The van der Waals surface area contributed by atoms with Crippen LogP contribution in [0.4, 0.5) is 8.78 Å². The summed E-state index contributed by atoms with van der Waals surface area (Å²) in [6.07, 6.45) is 3.37. The summed E-state index contributed by atoms with van der Waals surface area (Å²) >= 11 is 0. The number of rotatable bonds is 5. The van der Waals surface area contributed by atoms with Crippen molar-refractivity contribution < 1.29 is 13.5 Å². The lowest BCUT2D eigenvalue weighted by atomic mass is 10.0. The normalized spacial score (nSPS) is 12.7. The fourth-order valence-electron chi connectivity index (χ4n) is 1.88. The number of aromatic nitrogens is 2. The van der Waals surface area contributed by atoms with E-state index in [0.717, 1.165) is 5.56 Å². The molecule has 0 radical (unpaired) electrons. The summed E-state index contributed by atoms with van der Waals surface area (Å²) in [6.45, 7) is -2.88. The van der Waals surface area contributed by atoms with Crippen molar-refractivity contribution in [3.8, 4) is 5.75 Å². The molecule has 0 saturated carbocycles. The number of para-hydroxylation sites is 1. The Labute approximate surface area is 108 Å². The molecule has 102 valence electrons. The first-order valence-corrected chi connectivity index (χ1v) is 5.60. The fourth-order valence-corrected chi connectivity index (χ4v) is 1.88. The zero-order valence-electron chi connectivity index (χ0n) is 10.3. The highest BCUT2D eigenvalue weighted by Crippen LogP contribution is 2.30. The second-order valence-corrected chi connectivity index (χ2v) is 3.96. The number of hydrazine groups is 1. The molecule has 0 aliphatic rings. The highest BCUT2D eigenvalue weighted by Gasteiger charge is 2.19. The number of nitrogens with one attached hydrogen (secondary N) is 1. The number of nitrogens with zero attached hydrogens (tertiary/aromatic N) is 2. The minimum Gasteiger partial charge on any atom is -0.434 e. The van der Waals surface area contributed by atoms with Crippen LogP contribution >= 0.6 is 0 Å². The predicted octanol–water partition coefficient (Wildman–Crippen LogP) is 1.57. The third-order valence-electron chi connectivity index (χ3n) is 2.67. The summed E-state index contributed by atoms with van der Waals surface area (Å²) in [5.41, 5.74) is 3.87. The zero-order chi connectivity index (χ0) is 13.8. The van der Waals surface area contributed by atoms with Gasteiger partial charge in [0, 0.05) is 24.4 Å². The van der Waals surface area contributed by atoms with E-state index in [2.05, 4.69) is 15.3 Å². The summed E-state index contributed by atoms with van der Waals surface area (Å²) < 4.78 is 30.9. The van der Waals surface area contributed by atoms with Crippen molar-refractivity contribution in [2.45, 2.75) is 12.7 Å². The third kappa shape index (κ3) is 3.07. The van der Waals surface area contributed by atoms with Gasteiger partial charge in [0.1, 0.15) is 5.75 Å². The number of alkyl halides is 2. The molecular formula is C12H14F2N4O. The van der Waals surface area contributed by atoms with Crippen LogP contribution in [0.2, 0.25) is 0 Å². The maximum absolute atomic E-state index is 12.4. The maximum Gasteiger partial charge on any atom is 0.387 e. The Morgan fingerprint density at radius 3 is 2.68 bits per heavy atom. The smallest absolute Gasteiger partial charge is 0.387 e. The number of hydrogen-bond donors (Lipinski definition) is 2. The summed E-state index contributed by atoms with van der Waals surface area (Å²) in [5.74, 6) is 5.60.